The van der Waals surface area contributed by atoms with E-state index in [4.69, 9.17) is 9.15 Å². The topological polar surface area (TPSA) is 77.8 Å². The molecule has 1 aromatic carbocycles. The van der Waals surface area contributed by atoms with Crippen molar-refractivity contribution in [1.82, 2.24) is 5.32 Å². The van der Waals surface area contributed by atoms with Gasteiger partial charge >= 0.3 is 5.97 Å². The molecule has 0 saturated heterocycles. The highest BCUT2D eigenvalue weighted by molar-refractivity contribution is 6.04. The van der Waals surface area contributed by atoms with Crippen molar-refractivity contribution in [3.8, 4) is 5.75 Å². The molecule has 22 heavy (non-hydrogen) atoms. The lowest BCUT2D eigenvalue weighted by Gasteiger charge is -2.10. The van der Waals surface area contributed by atoms with E-state index < -0.39 is 11.9 Å². The number of rotatable bonds is 5. The van der Waals surface area contributed by atoms with Gasteiger partial charge in [-0.15, -0.1) is 0 Å². The van der Waals surface area contributed by atoms with E-state index >= 15 is 0 Å². The molecular weight excluding hydrogens is 286 g/mol. The fourth-order valence-corrected chi connectivity index (χ4v) is 1.79. The standard InChI is InChI=1S/C16H15NO5/c1-20-14-8-4-3-7-12(14)15(18)17-13(16(19)21-2)10-11-6-5-9-22-11/h3-10H,1-2H3,(H,17,18)/b13-10-. The Kier molecular flexibility index (Phi) is 4.98. The average Bonchev–Trinajstić information content (AvgIpc) is 3.06. The molecule has 2 rings (SSSR count). The molecular formula is C16H15NO5. The number of hydrogen-bond donors (Lipinski definition) is 1. The molecule has 0 bridgehead atoms. The summed E-state index contributed by atoms with van der Waals surface area (Å²) in [5, 5.41) is 2.50. The van der Waals surface area contributed by atoms with Crippen molar-refractivity contribution < 1.29 is 23.5 Å². The molecule has 0 fully saturated rings. The molecule has 1 heterocycles. The van der Waals surface area contributed by atoms with Crippen LogP contribution in [0.5, 0.6) is 5.75 Å². The number of carbonyl (C=O) groups is 2. The van der Waals surface area contributed by atoms with Crippen LogP contribution >= 0.6 is 0 Å². The molecule has 0 saturated carbocycles. The number of amides is 1. The molecule has 0 aliphatic carbocycles. The zero-order valence-corrected chi connectivity index (χ0v) is 12.2. The largest absolute Gasteiger partial charge is 0.496 e. The number of hydrogen-bond acceptors (Lipinski definition) is 5. The fraction of sp³-hybridized carbons (Fsp3) is 0.125. The van der Waals surface area contributed by atoms with Crippen LogP contribution in [0.4, 0.5) is 0 Å². The van der Waals surface area contributed by atoms with Crippen LogP contribution in [0.3, 0.4) is 0 Å². The minimum atomic E-state index is -0.681. The summed E-state index contributed by atoms with van der Waals surface area (Å²) in [6.07, 6.45) is 2.85. The SMILES string of the molecule is COC(=O)/C(=C/c1ccco1)NC(=O)c1ccccc1OC. The minimum Gasteiger partial charge on any atom is -0.496 e. The summed E-state index contributed by atoms with van der Waals surface area (Å²) in [6.45, 7) is 0. The molecule has 114 valence electrons. The Balaban J connectivity index is 2.27. The first-order valence-electron chi connectivity index (χ1n) is 6.43. The van der Waals surface area contributed by atoms with Gasteiger partial charge in [0.15, 0.2) is 0 Å². The normalized spacial score (nSPS) is 10.9. The monoisotopic (exact) mass is 301 g/mol. The van der Waals surface area contributed by atoms with Crippen LogP contribution in [0.1, 0.15) is 16.1 Å². The number of esters is 1. The molecule has 1 aromatic heterocycles. The zero-order chi connectivity index (χ0) is 15.9. The lowest BCUT2D eigenvalue weighted by molar-refractivity contribution is -0.136. The first-order chi connectivity index (χ1) is 10.7. The van der Waals surface area contributed by atoms with E-state index in [1.54, 1.807) is 36.4 Å². The van der Waals surface area contributed by atoms with Crippen molar-refractivity contribution in [2.45, 2.75) is 0 Å². The zero-order valence-electron chi connectivity index (χ0n) is 12.2. The van der Waals surface area contributed by atoms with E-state index in [0.717, 1.165) is 0 Å². The second-order valence-corrected chi connectivity index (χ2v) is 4.22. The van der Waals surface area contributed by atoms with Gasteiger partial charge in [0.25, 0.3) is 5.91 Å². The Morgan fingerprint density at radius 3 is 2.55 bits per heavy atom. The molecule has 2 aromatic rings. The van der Waals surface area contributed by atoms with Crippen molar-refractivity contribution >= 4 is 18.0 Å². The van der Waals surface area contributed by atoms with Gasteiger partial charge in [-0.3, -0.25) is 4.79 Å². The Hall–Kier alpha value is -3.02. The van der Waals surface area contributed by atoms with Crippen LogP contribution in [-0.2, 0) is 9.53 Å². The average molecular weight is 301 g/mol. The predicted octanol–water partition coefficient (Wildman–Crippen LogP) is 2.23. The van der Waals surface area contributed by atoms with Crippen molar-refractivity contribution in [3.63, 3.8) is 0 Å². The van der Waals surface area contributed by atoms with E-state index in [9.17, 15) is 9.59 Å². The lowest BCUT2D eigenvalue weighted by atomic mass is 10.2. The maximum absolute atomic E-state index is 12.3. The third-order valence-corrected chi connectivity index (χ3v) is 2.83. The number of methoxy groups -OCH3 is 2. The number of benzene rings is 1. The third kappa shape index (κ3) is 3.54. The van der Waals surface area contributed by atoms with E-state index in [-0.39, 0.29) is 5.70 Å². The Bertz CT molecular complexity index is 688. The van der Waals surface area contributed by atoms with Crippen LogP contribution in [0.2, 0.25) is 0 Å². The number of para-hydroxylation sites is 1. The van der Waals surface area contributed by atoms with Gasteiger partial charge in [-0.25, -0.2) is 4.79 Å². The number of furan rings is 1. The van der Waals surface area contributed by atoms with E-state index in [0.29, 0.717) is 17.1 Å². The van der Waals surface area contributed by atoms with Gasteiger partial charge in [0.2, 0.25) is 0 Å². The van der Waals surface area contributed by atoms with Gasteiger partial charge in [0, 0.05) is 6.08 Å². The van der Waals surface area contributed by atoms with Gasteiger partial charge in [-0.1, -0.05) is 12.1 Å². The highest BCUT2D eigenvalue weighted by atomic mass is 16.5. The van der Waals surface area contributed by atoms with Crippen LogP contribution in [0.25, 0.3) is 6.08 Å². The molecule has 1 N–H and O–H groups in total. The Labute approximate surface area is 127 Å². The summed E-state index contributed by atoms with van der Waals surface area (Å²) >= 11 is 0. The van der Waals surface area contributed by atoms with Crippen LogP contribution in [-0.4, -0.2) is 26.1 Å². The Morgan fingerprint density at radius 1 is 1.14 bits per heavy atom. The number of nitrogens with one attached hydrogen (secondary N) is 1. The van der Waals surface area contributed by atoms with E-state index in [1.807, 2.05) is 0 Å². The highest BCUT2D eigenvalue weighted by Crippen LogP contribution is 2.17. The summed E-state index contributed by atoms with van der Waals surface area (Å²) < 4.78 is 14.9. The first-order valence-corrected chi connectivity index (χ1v) is 6.43. The number of carbonyl (C=O) groups excluding carboxylic acids is 2. The maximum Gasteiger partial charge on any atom is 0.354 e. The molecule has 6 heteroatoms. The molecule has 6 nitrogen and oxygen atoms in total. The molecule has 0 radical (unpaired) electrons. The first kappa shape index (κ1) is 15.4. The van der Waals surface area contributed by atoms with Crippen LogP contribution in [0.15, 0.2) is 52.8 Å². The van der Waals surface area contributed by atoms with Gasteiger partial charge < -0.3 is 19.2 Å². The molecule has 0 aliphatic rings. The third-order valence-electron chi connectivity index (χ3n) is 2.83. The minimum absolute atomic E-state index is 0.0339. The predicted molar refractivity (Wildman–Crippen MR) is 79.2 cm³/mol. The second-order valence-electron chi connectivity index (χ2n) is 4.22. The van der Waals surface area contributed by atoms with Gasteiger partial charge in [-0.2, -0.15) is 0 Å². The maximum atomic E-state index is 12.3. The quantitative estimate of drug-likeness (QED) is 0.677. The number of ether oxygens (including phenoxy) is 2. The summed E-state index contributed by atoms with van der Waals surface area (Å²) in [7, 11) is 2.69. The second kappa shape index (κ2) is 7.12. The van der Waals surface area contributed by atoms with E-state index in [2.05, 4.69) is 10.1 Å². The van der Waals surface area contributed by atoms with Gasteiger partial charge in [0.1, 0.15) is 17.2 Å². The summed E-state index contributed by atoms with van der Waals surface area (Å²) in [6, 6.07) is 10.0. The van der Waals surface area contributed by atoms with E-state index in [1.165, 1.54) is 26.6 Å². The van der Waals surface area contributed by atoms with Crippen molar-refractivity contribution in [3.05, 3.63) is 59.7 Å². The molecule has 0 spiro atoms. The van der Waals surface area contributed by atoms with Crippen LogP contribution < -0.4 is 10.1 Å². The van der Waals surface area contributed by atoms with Gasteiger partial charge in [-0.05, 0) is 24.3 Å². The lowest BCUT2D eigenvalue weighted by Crippen LogP contribution is -2.28. The highest BCUT2D eigenvalue weighted by Gasteiger charge is 2.18. The van der Waals surface area contributed by atoms with Crippen LogP contribution in [0, 0.1) is 0 Å². The molecule has 0 atom stereocenters. The Morgan fingerprint density at radius 2 is 1.91 bits per heavy atom. The fourth-order valence-electron chi connectivity index (χ4n) is 1.79. The molecule has 1 amide bonds. The molecule has 0 unspecified atom stereocenters. The van der Waals surface area contributed by atoms with Crippen molar-refractivity contribution in [2.75, 3.05) is 14.2 Å². The summed E-state index contributed by atoms with van der Waals surface area (Å²) in [5.74, 6) is -0.344. The summed E-state index contributed by atoms with van der Waals surface area (Å²) in [4.78, 5) is 24.1. The smallest absolute Gasteiger partial charge is 0.354 e. The van der Waals surface area contributed by atoms with Crippen molar-refractivity contribution in [1.29, 1.82) is 0 Å². The van der Waals surface area contributed by atoms with Gasteiger partial charge in [0.05, 0.1) is 26.0 Å². The van der Waals surface area contributed by atoms with Crippen molar-refractivity contribution in [2.24, 2.45) is 0 Å². The molecule has 0 aliphatic heterocycles. The summed E-state index contributed by atoms with van der Waals surface area (Å²) in [5.41, 5.74) is 0.271.